The van der Waals surface area contributed by atoms with Crippen LogP contribution >= 0.6 is 0 Å². The maximum absolute atomic E-state index is 12.2. The number of esters is 2. The summed E-state index contributed by atoms with van der Waals surface area (Å²) < 4.78 is 20.5. The molecule has 7 heteroatoms. The van der Waals surface area contributed by atoms with E-state index in [4.69, 9.17) is 18.9 Å². The third-order valence-electron chi connectivity index (χ3n) is 2.93. The molecule has 1 aromatic carbocycles. The van der Waals surface area contributed by atoms with Crippen molar-refractivity contribution in [1.29, 1.82) is 0 Å². The van der Waals surface area contributed by atoms with Gasteiger partial charge in [0.2, 0.25) is 0 Å². The SMILES string of the molecule is CCOC(=O)[C@@H](OCC=O)[C@@H](OCc1ccccc1)C(=O)OCC. The Morgan fingerprint density at radius 2 is 1.50 bits per heavy atom. The molecule has 0 heterocycles. The number of aldehydes is 1. The van der Waals surface area contributed by atoms with Crippen molar-refractivity contribution in [1.82, 2.24) is 0 Å². The third kappa shape index (κ3) is 6.47. The van der Waals surface area contributed by atoms with E-state index >= 15 is 0 Å². The Labute approximate surface area is 140 Å². The number of ether oxygens (including phenoxy) is 4. The summed E-state index contributed by atoms with van der Waals surface area (Å²) in [5.74, 6) is -1.54. The molecule has 0 saturated carbocycles. The number of carbonyl (C=O) groups excluding carboxylic acids is 3. The van der Waals surface area contributed by atoms with Crippen LogP contribution in [-0.4, -0.2) is 50.3 Å². The molecule has 0 radical (unpaired) electrons. The third-order valence-corrected chi connectivity index (χ3v) is 2.93. The van der Waals surface area contributed by atoms with Crippen molar-refractivity contribution in [3.63, 3.8) is 0 Å². The molecular formula is C17H22O7. The largest absolute Gasteiger partial charge is 0.464 e. The maximum Gasteiger partial charge on any atom is 0.338 e. The first kappa shape index (κ1) is 19.8. The molecule has 1 aromatic rings. The first-order chi connectivity index (χ1) is 11.6. The van der Waals surface area contributed by atoms with Gasteiger partial charge in [0.05, 0.1) is 19.8 Å². The first-order valence-corrected chi connectivity index (χ1v) is 7.68. The molecule has 0 aromatic heterocycles. The molecule has 0 unspecified atom stereocenters. The summed E-state index contributed by atoms with van der Waals surface area (Å²) in [6.45, 7) is 3.19. The predicted octanol–water partition coefficient (Wildman–Crippen LogP) is 1.28. The standard InChI is InChI=1S/C17H22O7/c1-3-21-16(19)14(23-11-10-18)15(17(20)22-4-2)24-12-13-8-6-5-7-9-13/h5-10,14-15H,3-4,11-12H2,1-2H3/t14-,15+/m0/s1. The van der Waals surface area contributed by atoms with Gasteiger partial charge in [-0.3, -0.25) is 0 Å². The minimum Gasteiger partial charge on any atom is -0.464 e. The normalized spacial score (nSPS) is 12.9. The molecule has 0 amide bonds. The average molecular weight is 338 g/mol. The summed E-state index contributed by atoms with van der Waals surface area (Å²) in [7, 11) is 0. The fourth-order valence-electron chi connectivity index (χ4n) is 1.91. The van der Waals surface area contributed by atoms with Crippen molar-refractivity contribution in [2.45, 2.75) is 32.7 Å². The fraction of sp³-hybridized carbons (Fsp3) is 0.471. The molecule has 0 aliphatic heterocycles. The van der Waals surface area contributed by atoms with Crippen LogP contribution in [0.5, 0.6) is 0 Å². The highest BCUT2D eigenvalue weighted by Crippen LogP contribution is 2.13. The second-order valence-corrected chi connectivity index (χ2v) is 4.64. The van der Waals surface area contributed by atoms with Gasteiger partial charge in [-0.25, -0.2) is 9.59 Å². The lowest BCUT2D eigenvalue weighted by atomic mass is 10.2. The molecular weight excluding hydrogens is 316 g/mol. The minimum absolute atomic E-state index is 0.0741. The summed E-state index contributed by atoms with van der Waals surface area (Å²) in [6, 6.07) is 9.12. The van der Waals surface area contributed by atoms with Crippen LogP contribution in [0.4, 0.5) is 0 Å². The minimum atomic E-state index is -1.38. The molecule has 0 fully saturated rings. The second-order valence-electron chi connectivity index (χ2n) is 4.64. The van der Waals surface area contributed by atoms with Crippen LogP contribution in [0, 0.1) is 0 Å². The Bertz CT molecular complexity index is 515. The van der Waals surface area contributed by atoms with Gasteiger partial charge >= 0.3 is 11.9 Å². The highest BCUT2D eigenvalue weighted by Gasteiger charge is 2.38. The Hall–Kier alpha value is -2.25. The molecule has 2 atom stereocenters. The molecule has 0 bridgehead atoms. The van der Waals surface area contributed by atoms with Crippen LogP contribution in [0.25, 0.3) is 0 Å². The van der Waals surface area contributed by atoms with E-state index in [1.54, 1.807) is 13.8 Å². The maximum atomic E-state index is 12.2. The topological polar surface area (TPSA) is 88.1 Å². The molecule has 7 nitrogen and oxygen atoms in total. The number of hydrogen-bond acceptors (Lipinski definition) is 7. The van der Waals surface area contributed by atoms with E-state index in [2.05, 4.69) is 0 Å². The number of benzene rings is 1. The van der Waals surface area contributed by atoms with Crippen LogP contribution in [0.15, 0.2) is 30.3 Å². The van der Waals surface area contributed by atoms with E-state index in [0.29, 0.717) is 6.29 Å². The summed E-state index contributed by atoms with van der Waals surface area (Å²) in [6.07, 6.45) is -2.23. The highest BCUT2D eigenvalue weighted by atomic mass is 16.6. The lowest BCUT2D eigenvalue weighted by Gasteiger charge is -2.24. The van der Waals surface area contributed by atoms with Crippen molar-refractivity contribution in [3.8, 4) is 0 Å². The number of carbonyl (C=O) groups is 3. The summed E-state index contributed by atoms with van der Waals surface area (Å²) >= 11 is 0. The van der Waals surface area contributed by atoms with Gasteiger partial charge in [0.25, 0.3) is 0 Å². The molecule has 0 saturated heterocycles. The van der Waals surface area contributed by atoms with E-state index in [9.17, 15) is 14.4 Å². The highest BCUT2D eigenvalue weighted by molar-refractivity contribution is 5.85. The van der Waals surface area contributed by atoms with Crippen LogP contribution in [0.3, 0.4) is 0 Å². The molecule has 0 spiro atoms. The molecule has 132 valence electrons. The number of rotatable bonds is 11. The van der Waals surface area contributed by atoms with E-state index in [1.165, 1.54) is 0 Å². The Kier molecular flexibility index (Phi) is 9.33. The van der Waals surface area contributed by atoms with Crippen LogP contribution < -0.4 is 0 Å². The fourth-order valence-corrected chi connectivity index (χ4v) is 1.91. The van der Waals surface area contributed by atoms with Crippen molar-refractivity contribution in [2.24, 2.45) is 0 Å². The molecule has 1 rings (SSSR count). The van der Waals surface area contributed by atoms with E-state index in [-0.39, 0.29) is 26.4 Å². The van der Waals surface area contributed by atoms with Crippen molar-refractivity contribution < 1.29 is 33.3 Å². The number of hydrogen-bond donors (Lipinski definition) is 0. The van der Waals surface area contributed by atoms with Gasteiger partial charge in [-0.1, -0.05) is 30.3 Å². The van der Waals surface area contributed by atoms with Gasteiger partial charge in [-0.05, 0) is 19.4 Å². The van der Waals surface area contributed by atoms with Crippen molar-refractivity contribution in [3.05, 3.63) is 35.9 Å². The van der Waals surface area contributed by atoms with Gasteiger partial charge in [0, 0.05) is 0 Å². The van der Waals surface area contributed by atoms with Crippen LogP contribution in [-0.2, 0) is 39.9 Å². The van der Waals surface area contributed by atoms with Crippen LogP contribution in [0.1, 0.15) is 19.4 Å². The quantitative estimate of drug-likeness (QED) is 0.443. The van der Waals surface area contributed by atoms with Crippen molar-refractivity contribution >= 4 is 18.2 Å². The first-order valence-electron chi connectivity index (χ1n) is 7.68. The summed E-state index contributed by atoms with van der Waals surface area (Å²) in [4.78, 5) is 34.8. The van der Waals surface area contributed by atoms with E-state index in [1.807, 2.05) is 30.3 Å². The zero-order valence-electron chi connectivity index (χ0n) is 13.8. The monoisotopic (exact) mass is 338 g/mol. The second kappa shape index (κ2) is 11.3. The van der Waals surface area contributed by atoms with Gasteiger partial charge in [-0.2, -0.15) is 0 Å². The zero-order chi connectivity index (χ0) is 17.8. The molecule has 0 aliphatic rings. The molecule has 0 aliphatic carbocycles. The van der Waals surface area contributed by atoms with Gasteiger partial charge in [0.15, 0.2) is 12.2 Å². The Morgan fingerprint density at radius 3 is 2.00 bits per heavy atom. The van der Waals surface area contributed by atoms with Gasteiger partial charge in [0.1, 0.15) is 12.9 Å². The summed E-state index contributed by atoms with van der Waals surface area (Å²) in [5.41, 5.74) is 0.810. The molecule has 0 N–H and O–H groups in total. The smallest absolute Gasteiger partial charge is 0.338 e. The zero-order valence-corrected chi connectivity index (χ0v) is 13.8. The van der Waals surface area contributed by atoms with Crippen molar-refractivity contribution in [2.75, 3.05) is 19.8 Å². The lowest BCUT2D eigenvalue weighted by Crippen LogP contribution is -2.45. The Balaban J connectivity index is 2.90. The van der Waals surface area contributed by atoms with Gasteiger partial charge in [-0.15, -0.1) is 0 Å². The van der Waals surface area contributed by atoms with Crippen LogP contribution in [0.2, 0.25) is 0 Å². The van der Waals surface area contributed by atoms with E-state index in [0.717, 1.165) is 5.56 Å². The lowest BCUT2D eigenvalue weighted by molar-refractivity contribution is -0.184. The van der Waals surface area contributed by atoms with Gasteiger partial charge < -0.3 is 23.7 Å². The van der Waals surface area contributed by atoms with E-state index < -0.39 is 24.1 Å². The Morgan fingerprint density at radius 1 is 0.958 bits per heavy atom. The molecule has 24 heavy (non-hydrogen) atoms. The summed E-state index contributed by atoms with van der Waals surface area (Å²) in [5, 5.41) is 0. The average Bonchev–Trinajstić information content (AvgIpc) is 2.59. The predicted molar refractivity (Wildman–Crippen MR) is 84.1 cm³/mol.